The van der Waals surface area contributed by atoms with Crippen molar-refractivity contribution in [1.82, 2.24) is 14.9 Å². The summed E-state index contributed by atoms with van der Waals surface area (Å²) in [4.78, 5) is 4.36. The van der Waals surface area contributed by atoms with Gasteiger partial charge in [-0.2, -0.15) is 4.31 Å². The summed E-state index contributed by atoms with van der Waals surface area (Å²) in [5, 5.41) is 6.86. The molecule has 2 N–H and O–H groups in total. The van der Waals surface area contributed by atoms with Crippen LogP contribution in [0.2, 0.25) is 0 Å². The molecular weight excluding hydrogens is 527 g/mol. The van der Waals surface area contributed by atoms with Gasteiger partial charge in [0.1, 0.15) is 0 Å². The molecule has 1 aromatic rings. The minimum Gasteiger partial charge on any atom is -0.379 e. The van der Waals surface area contributed by atoms with Gasteiger partial charge in [-0.3, -0.25) is 4.99 Å². The van der Waals surface area contributed by atoms with Crippen molar-refractivity contribution in [3.63, 3.8) is 0 Å². The van der Waals surface area contributed by atoms with Crippen LogP contribution in [0.1, 0.15) is 50.2 Å². The van der Waals surface area contributed by atoms with Gasteiger partial charge in [0.2, 0.25) is 10.0 Å². The molecule has 3 rings (SSSR count). The largest absolute Gasteiger partial charge is 0.379 e. The van der Waals surface area contributed by atoms with Crippen molar-refractivity contribution in [3.8, 4) is 0 Å². The van der Waals surface area contributed by atoms with Gasteiger partial charge in [0.25, 0.3) is 0 Å². The predicted molar refractivity (Wildman–Crippen MR) is 136 cm³/mol. The molecule has 0 atom stereocenters. The predicted octanol–water partition coefficient (Wildman–Crippen LogP) is 3.10. The zero-order valence-corrected chi connectivity index (χ0v) is 21.9. The Bertz CT molecular complexity index is 820. The zero-order chi connectivity index (χ0) is 21.5. The van der Waals surface area contributed by atoms with Gasteiger partial charge in [0, 0.05) is 33.2 Å². The fourth-order valence-electron chi connectivity index (χ4n) is 4.43. The number of ether oxygens (including phenoxy) is 1. The van der Waals surface area contributed by atoms with E-state index in [1.807, 2.05) is 24.3 Å². The van der Waals surface area contributed by atoms with Gasteiger partial charge in [0.05, 0.1) is 19.0 Å². The summed E-state index contributed by atoms with van der Waals surface area (Å²) in [6.45, 7) is 5.52. The SMILES string of the molecule is CCC1(CNC(=NC)NCc2ccccc2CS(=O)(=O)N2CCOCC2)CCCC1.I. The topological polar surface area (TPSA) is 83.0 Å². The van der Waals surface area contributed by atoms with Gasteiger partial charge >= 0.3 is 0 Å². The molecule has 176 valence electrons. The molecule has 0 unspecified atom stereocenters. The van der Waals surface area contributed by atoms with E-state index < -0.39 is 10.0 Å². The van der Waals surface area contributed by atoms with Gasteiger partial charge in [0.15, 0.2) is 5.96 Å². The molecule has 0 amide bonds. The van der Waals surface area contributed by atoms with E-state index >= 15 is 0 Å². The minimum atomic E-state index is -3.36. The average Bonchev–Trinajstić information content (AvgIpc) is 3.25. The molecule has 1 aliphatic heterocycles. The molecule has 0 radical (unpaired) electrons. The number of halogens is 1. The Morgan fingerprint density at radius 2 is 1.77 bits per heavy atom. The van der Waals surface area contributed by atoms with Crippen LogP contribution in [0.25, 0.3) is 0 Å². The van der Waals surface area contributed by atoms with Crippen molar-refractivity contribution >= 4 is 40.0 Å². The Labute approximate surface area is 204 Å². The summed E-state index contributed by atoms with van der Waals surface area (Å²) in [5.74, 6) is 0.774. The lowest BCUT2D eigenvalue weighted by atomic mass is 9.83. The monoisotopic (exact) mass is 564 g/mol. The summed E-state index contributed by atoms with van der Waals surface area (Å²) in [7, 11) is -1.58. The molecule has 1 heterocycles. The first-order valence-corrected chi connectivity index (χ1v) is 12.7. The molecule has 1 aromatic carbocycles. The quantitative estimate of drug-likeness (QED) is 0.288. The minimum absolute atomic E-state index is 0. The second kappa shape index (κ2) is 12.4. The Kier molecular flexibility index (Phi) is 10.5. The van der Waals surface area contributed by atoms with E-state index in [0.29, 0.717) is 38.3 Å². The highest BCUT2D eigenvalue weighted by Crippen LogP contribution is 2.40. The number of guanidine groups is 1. The molecule has 1 saturated heterocycles. The van der Waals surface area contributed by atoms with Crippen molar-refractivity contribution in [2.45, 2.75) is 51.3 Å². The second-order valence-corrected chi connectivity index (χ2v) is 10.3. The molecular formula is C22H37IN4O3S. The van der Waals surface area contributed by atoms with Crippen molar-refractivity contribution in [2.24, 2.45) is 10.4 Å². The van der Waals surface area contributed by atoms with Crippen molar-refractivity contribution in [2.75, 3.05) is 39.9 Å². The molecule has 0 bridgehead atoms. The van der Waals surface area contributed by atoms with E-state index in [1.165, 1.54) is 36.4 Å². The fourth-order valence-corrected chi connectivity index (χ4v) is 6.00. The Morgan fingerprint density at radius 3 is 2.39 bits per heavy atom. The van der Waals surface area contributed by atoms with Crippen LogP contribution < -0.4 is 10.6 Å². The lowest BCUT2D eigenvalue weighted by Crippen LogP contribution is -2.43. The number of sulfonamides is 1. The van der Waals surface area contributed by atoms with Crippen LogP contribution in [0.5, 0.6) is 0 Å². The van der Waals surface area contributed by atoms with E-state index in [4.69, 9.17) is 4.74 Å². The van der Waals surface area contributed by atoms with Crippen LogP contribution in [0.3, 0.4) is 0 Å². The summed E-state index contributed by atoms with van der Waals surface area (Å²) in [6.07, 6.45) is 6.35. The van der Waals surface area contributed by atoms with E-state index in [0.717, 1.165) is 23.6 Å². The lowest BCUT2D eigenvalue weighted by molar-refractivity contribution is 0.0729. The smallest absolute Gasteiger partial charge is 0.218 e. The third-order valence-electron chi connectivity index (χ3n) is 6.53. The number of nitrogens with zero attached hydrogens (tertiary/aromatic N) is 2. The maximum atomic E-state index is 12.8. The van der Waals surface area contributed by atoms with Crippen molar-refractivity contribution < 1.29 is 13.2 Å². The van der Waals surface area contributed by atoms with Gasteiger partial charge in [-0.25, -0.2) is 8.42 Å². The van der Waals surface area contributed by atoms with Gasteiger partial charge in [-0.1, -0.05) is 44.0 Å². The Morgan fingerprint density at radius 1 is 1.13 bits per heavy atom. The number of rotatable bonds is 8. The van der Waals surface area contributed by atoms with Crippen molar-refractivity contribution in [1.29, 1.82) is 0 Å². The van der Waals surface area contributed by atoms with Gasteiger partial charge in [-0.15, -0.1) is 24.0 Å². The molecule has 1 saturated carbocycles. The van der Waals surface area contributed by atoms with E-state index in [-0.39, 0.29) is 29.7 Å². The highest BCUT2D eigenvalue weighted by Gasteiger charge is 2.32. The average molecular weight is 565 g/mol. The first-order valence-electron chi connectivity index (χ1n) is 11.0. The molecule has 2 fully saturated rings. The van der Waals surface area contributed by atoms with Crippen LogP contribution in [-0.4, -0.2) is 58.6 Å². The molecule has 31 heavy (non-hydrogen) atoms. The fraction of sp³-hybridized carbons (Fsp3) is 0.682. The van der Waals surface area contributed by atoms with E-state index in [1.54, 1.807) is 7.05 Å². The molecule has 9 heteroatoms. The maximum Gasteiger partial charge on any atom is 0.218 e. The molecule has 1 aliphatic carbocycles. The first kappa shape index (κ1) is 26.3. The van der Waals surface area contributed by atoms with E-state index in [2.05, 4.69) is 22.5 Å². The normalized spacial score (nSPS) is 19.6. The summed E-state index contributed by atoms with van der Waals surface area (Å²) in [5.41, 5.74) is 2.18. The van der Waals surface area contributed by atoms with Crippen LogP contribution in [0, 0.1) is 5.41 Å². The standard InChI is InChI=1S/C22H36N4O3S.HI/c1-3-22(10-6-7-11-22)18-25-21(23-2)24-16-19-8-4-5-9-20(19)17-30(27,28)26-12-14-29-15-13-26;/h4-5,8-9H,3,6-7,10-18H2,1-2H3,(H2,23,24,25);1H. The highest BCUT2D eigenvalue weighted by molar-refractivity contribution is 14.0. The Hall–Kier alpha value is -0.910. The van der Waals surface area contributed by atoms with Crippen LogP contribution >= 0.6 is 24.0 Å². The van der Waals surface area contributed by atoms with Gasteiger partial charge < -0.3 is 15.4 Å². The molecule has 0 aromatic heterocycles. The lowest BCUT2D eigenvalue weighted by Gasteiger charge is -2.28. The van der Waals surface area contributed by atoms with Crippen LogP contribution in [-0.2, 0) is 27.1 Å². The number of nitrogens with one attached hydrogen (secondary N) is 2. The van der Waals surface area contributed by atoms with Crippen molar-refractivity contribution in [3.05, 3.63) is 35.4 Å². The third-order valence-corrected chi connectivity index (χ3v) is 8.36. The van der Waals surface area contributed by atoms with Crippen LogP contribution in [0.15, 0.2) is 29.3 Å². The summed E-state index contributed by atoms with van der Waals surface area (Å²) < 4.78 is 32.5. The Balaban J connectivity index is 0.00000341. The third kappa shape index (κ3) is 7.30. The summed E-state index contributed by atoms with van der Waals surface area (Å²) in [6, 6.07) is 7.72. The first-order chi connectivity index (χ1) is 14.5. The number of aliphatic imine (C=N–C) groups is 1. The number of benzene rings is 1. The number of morpholine rings is 1. The van der Waals surface area contributed by atoms with Gasteiger partial charge in [-0.05, 0) is 35.8 Å². The summed E-state index contributed by atoms with van der Waals surface area (Å²) >= 11 is 0. The zero-order valence-electron chi connectivity index (χ0n) is 18.7. The highest BCUT2D eigenvalue weighted by atomic mass is 127. The number of hydrogen-bond acceptors (Lipinski definition) is 4. The molecule has 2 aliphatic rings. The van der Waals surface area contributed by atoms with E-state index in [9.17, 15) is 8.42 Å². The molecule has 0 spiro atoms. The second-order valence-electron chi connectivity index (χ2n) is 8.38. The van der Waals surface area contributed by atoms with Crippen LogP contribution in [0.4, 0.5) is 0 Å². The maximum absolute atomic E-state index is 12.8. The number of hydrogen-bond donors (Lipinski definition) is 2. The molecule has 7 nitrogen and oxygen atoms in total.